The third-order valence-corrected chi connectivity index (χ3v) is 4.61. The van der Waals surface area contributed by atoms with Crippen LogP contribution in [0.25, 0.3) is 0 Å². The van der Waals surface area contributed by atoms with Crippen molar-refractivity contribution in [2.75, 3.05) is 7.11 Å². The molecule has 3 nitrogen and oxygen atoms in total. The van der Waals surface area contributed by atoms with Crippen LogP contribution in [0.2, 0.25) is 0 Å². The molecule has 0 bridgehead atoms. The number of hydrogen-bond acceptors (Lipinski definition) is 4. The zero-order valence-corrected chi connectivity index (χ0v) is 12.3. The van der Waals surface area contributed by atoms with Crippen molar-refractivity contribution in [2.45, 2.75) is 18.4 Å². The van der Waals surface area contributed by atoms with E-state index in [0.29, 0.717) is 17.1 Å². The van der Waals surface area contributed by atoms with Crippen molar-refractivity contribution in [3.8, 4) is 5.75 Å². The van der Waals surface area contributed by atoms with Gasteiger partial charge in [0.05, 0.1) is 23.6 Å². The average Bonchev–Trinajstić information content (AvgIpc) is 2.74. The van der Waals surface area contributed by atoms with Crippen LogP contribution in [0, 0.1) is 12.7 Å². The number of aromatic nitrogens is 1. The van der Waals surface area contributed by atoms with Crippen molar-refractivity contribution < 1.29 is 13.3 Å². The maximum atomic E-state index is 13.5. The zero-order chi connectivity index (χ0) is 13.8. The van der Waals surface area contributed by atoms with Crippen LogP contribution in [0.4, 0.5) is 4.39 Å². The van der Waals surface area contributed by atoms with Crippen LogP contribution < -0.4 is 4.74 Å². The zero-order valence-electron chi connectivity index (χ0n) is 10.7. The molecule has 1 unspecified atom stereocenters. The van der Waals surface area contributed by atoms with Crippen LogP contribution in [-0.2, 0) is 22.3 Å². The number of thiazole rings is 1. The Labute approximate surface area is 117 Å². The molecule has 0 spiro atoms. The normalized spacial score (nSPS) is 12.4. The van der Waals surface area contributed by atoms with Gasteiger partial charge in [0.25, 0.3) is 0 Å². The monoisotopic (exact) mass is 299 g/mol. The Kier molecular flexibility index (Phi) is 4.66. The van der Waals surface area contributed by atoms with Gasteiger partial charge in [-0.1, -0.05) is 6.07 Å². The van der Waals surface area contributed by atoms with Crippen LogP contribution in [0.15, 0.2) is 23.6 Å². The molecule has 2 rings (SSSR count). The third kappa shape index (κ3) is 3.84. The summed E-state index contributed by atoms with van der Waals surface area (Å²) in [6.45, 7) is 1.91. The summed E-state index contributed by atoms with van der Waals surface area (Å²) in [6.07, 6.45) is 0. The van der Waals surface area contributed by atoms with Crippen molar-refractivity contribution in [2.24, 2.45) is 0 Å². The number of methoxy groups -OCH3 is 1. The number of ether oxygens (including phenoxy) is 1. The van der Waals surface area contributed by atoms with Crippen molar-refractivity contribution in [1.29, 1.82) is 0 Å². The fraction of sp³-hybridized carbons (Fsp3) is 0.308. The second-order valence-corrected chi connectivity index (χ2v) is 6.57. The third-order valence-electron chi connectivity index (χ3n) is 2.52. The van der Waals surface area contributed by atoms with Gasteiger partial charge in [0.1, 0.15) is 0 Å². The Morgan fingerprint density at radius 1 is 1.42 bits per heavy atom. The van der Waals surface area contributed by atoms with Crippen molar-refractivity contribution in [3.63, 3.8) is 0 Å². The lowest BCUT2D eigenvalue weighted by molar-refractivity contribution is 0.386. The molecule has 0 radical (unpaired) electrons. The standard InChI is InChI=1S/C13H14FNO2S2/c1-9-15-11(6-18-9)8-19(16)7-10-3-4-13(17-2)12(14)5-10/h3-6H,7-8H2,1-2H3. The molecule has 0 saturated carbocycles. The lowest BCUT2D eigenvalue weighted by atomic mass is 10.2. The first-order valence-electron chi connectivity index (χ1n) is 5.67. The van der Waals surface area contributed by atoms with Crippen molar-refractivity contribution in [3.05, 3.63) is 45.7 Å². The maximum absolute atomic E-state index is 13.5. The minimum absolute atomic E-state index is 0.199. The molecule has 2 aromatic rings. The molecule has 1 aromatic carbocycles. The minimum Gasteiger partial charge on any atom is -0.494 e. The molecule has 1 atom stereocenters. The van der Waals surface area contributed by atoms with Gasteiger partial charge in [0.2, 0.25) is 0 Å². The van der Waals surface area contributed by atoms with Crippen molar-refractivity contribution in [1.82, 2.24) is 4.98 Å². The number of hydrogen-bond donors (Lipinski definition) is 0. The first-order chi connectivity index (χ1) is 9.08. The van der Waals surface area contributed by atoms with E-state index in [0.717, 1.165) is 10.7 Å². The summed E-state index contributed by atoms with van der Waals surface area (Å²) in [7, 11) is 0.329. The predicted molar refractivity (Wildman–Crippen MR) is 75.4 cm³/mol. The molecule has 0 saturated heterocycles. The van der Waals surface area contributed by atoms with E-state index in [2.05, 4.69) is 4.98 Å². The molecule has 6 heteroatoms. The fourth-order valence-corrected chi connectivity index (χ4v) is 3.53. The summed E-state index contributed by atoms with van der Waals surface area (Å²) in [5.41, 5.74) is 1.53. The molecule has 0 amide bonds. The first-order valence-corrected chi connectivity index (χ1v) is 8.03. The summed E-state index contributed by atoms with van der Waals surface area (Å²) in [6, 6.07) is 4.64. The molecule has 19 heavy (non-hydrogen) atoms. The highest BCUT2D eigenvalue weighted by Crippen LogP contribution is 2.19. The second-order valence-electron chi connectivity index (χ2n) is 4.06. The first kappa shape index (κ1) is 14.1. The Balaban J connectivity index is 2.00. The highest BCUT2D eigenvalue weighted by Gasteiger charge is 2.09. The molecule has 0 aliphatic carbocycles. The van der Waals surface area contributed by atoms with Gasteiger partial charge in [0.15, 0.2) is 11.6 Å². The lowest BCUT2D eigenvalue weighted by Crippen LogP contribution is -2.01. The van der Waals surface area contributed by atoms with E-state index >= 15 is 0 Å². The van der Waals surface area contributed by atoms with E-state index in [9.17, 15) is 8.60 Å². The number of rotatable bonds is 5. The molecular formula is C13H14FNO2S2. The largest absolute Gasteiger partial charge is 0.494 e. The van der Waals surface area contributed by atoms with Crippen molar-refractivity contribution >= 4 is 22.1 Å². The quantitative estimate of drug-likeness (QED) is 0.852. The smallest absolute Gasteiger partial charge is 0.165 e. The van der Waals surface area contributed by atoms with E-state index in [1.165, 1.54) is 24.5 Å². The van der Waals surface area contributed by atoms with E-state index in [-0.39, 0.29) is 5.75 Å². The van der Waals surface area contributed by atoms with Gasteiger partial charge >= 0.3 is 0 Å². The van der Waals surface area contributed by atoms with E-state index in [1.54, 1.807) is 12.1 Å². The predicted octanol–water partition coefficient (Wildman–Crippen LogP) is 3.05. The maximum Gasteiger partial charge on any atom is 0.165 e. The van der Waals surface area contributed by atoms with Gasteiger partial charge in [-0.05, 0) is 24.6 Å². The summed E-state index contributed by atoms with van der Waals surface area (Å²) in [4.78, 5) is 4.27. The average molecular weight is 299 g/mol. The van der Waals surface area contributed by atoms with Crippen LogP contribution in [-0.4, -0.2) is 16.3 Å². The van der Waals surface area contributed by atoms with Gasteiger partial charge in [-0.15, -0.1) is 11.3 Å². The Bertz CT molecular complexity index is 598. The molecule has 1 aromatic heterocycles. The SMILES string of the molecule is COc1ccc(CS(=O)Cc2csc(C)n2)cc1F. The summed E-state index contributed by atoms with van der Waals surface area (Å²) >= 11 is 1.54. The molecule has 0 aliphatic heterocycles. The molecular weight excluding hydrogens is 285 g/mol. The Hall–Kier alpha value is -1.27. The summed E-state index contributed by atoms with van der Waals surface area (Å²) in [5, 5.41) is 2.87. The molecule has 1 heterocycles. The molecule has 102 valence electrons. The number of nitrogens with zero attached hydrogens (tertiary/aromatic N) is 1. The summed E-state index contributed by atoms with van der Waals surface area (Å²) in [5.74, 6) is 0.487. The number of halogens is 1. The minimum atomic E-state index is -1.09. The highest BCUT2D eigenvalue weighted by atomic mass is 32.2. The van der Waals surface area contributed by atoms with E-state index in [4.69, 9.17) is 4.74 Å². The number of aryl methyl sites for hydroxylation is 1. The molecule has 0 N–H and O–H groups in total. The van der Waals surface area contributed by atoms with Gasteiger partial charge in [-0.25, -0.2) is 9.37 Å². The lowest BCUT2D eigenvalue weighted by Gasteiger charge is -2.05. The Morgan fingerprint density at radius 3 is 2.79 bits per heavy atom. The van der Waals surface area contributed by atoms with Gasteiger partial charge in [-0.2, -0.15) is 0 Å². The second kappa shape index (κ2) is 6.25. The molecule has 0 fully saturated rings. The van der Waals surface area contributed by atoms with E-state index < -0.39 is 16.6 Å². The van der Waals surface area contributed by atoms with Gasteiger partial charge < -0.3 is 4.74 Å². The van der Waals surface area contributed by atoms with Crippen LogP contribution in [0.5, 0.6) is 5.75 Å². The van der Waals surface area contributed by atoms with Crippen LogP contribution >= 0.6 is 11.3 Å². The fourth-order valence-electron chi connectivity index (χ4n) is 1.68. The highest BCUT2D eigenvalue weighted by molar-refractivity contribution is 7.83. The Morgan fingerprint density at radius 2 is 2.21 bits per heavy atom. The molecule has 0 aliphatic rings. The van der Waals surface area contributed by atoms with E-state index in [1.807, 2.05) is 12.3 Å². The van der Waals surface area contributed by atoms with Gasteiger partial charge in [-0.3, -0.25) is 4.21 Å². The number of benzene rings is 1. The summed E-state index contributed by atoms with van der Waals surface area (Å²) < 4.78 is 30.3. The van der Waals surface area contributed by atoms with Crippen LogP contribution in [0.3, 0.4) is 0 Å². The van der Waals surface area contributed by atoms with Crippen LogP contribution in [0.1, 0.15) is 16.3 Å². The van der Waals surface area contributed by atoms with Gasteiger partial charge in [0, 0.05) is 21.9 Å². The topological polar surface area (TPSA) is 39.2 Å².